The Morgan fingerprint density at radius 2 is 1.22 bits per heavy atom. The molecular formula is C18H31O4P. The maximum absolute atomic E-state index is 11.4. The van der Waals surface area contributed by atoms with Crippen molar-refractivity contribution in [2.24, 2.45) is 0 Å². The minimum atomic E-state index is -4.61. The van der Waals surface area contributed by atoms with Gasteiger partial charge >= 0.3 is 7.82 Å². The van der Waals surface area contributed by atoms with Crippen LogP contribution in [0, 0.1) is 0 Å². The van der Waals surface area contributed by atoms with Gasteiger partial charge in [-0.1, -0.05) is 68.4 Å². The van der Waals surface area contributed by atoms with E-state index in [-0.39, 0.29) is 22.0 Å². The molecule has 4 nitrogen and oxygen atoms in total. The number of phosphoric acid groups is 1. The van der Waals surface area contributed by atoms with Crippen LogP contribution in [0.3, 0.4) is 0 Å². The Labute approximate surface area is 140 Å². The highest BCUT2D eigenvalue weighted by molar-refractivity contribution is 7.46. The third-order valence-electron chi connectivity index (χ3n) is 3.69. The van der Waals surface area contributed by atoms with Crippen molar-refractivity contribution < 1.29 is 18.9 Å². The van der Waals surface area contributed by atoms with Crippen molar-refractivity contribution in [2.75, 3.05) is 0 Å². The first-order chi connectivity index (χ1) is 9.94. The van der Waals surface area contributed by atoms with Crippen molar-refractivity contribution in [1.29, 1.82) is 0 Å². The number of rotatable bonds is 2. The second-order valence-electron chi connectivity index (χ2n) is 9.19. The first kappa shape index (κ1) is 20.2. The second kappa shape index (κ2) is 5.91. The SMILES string of the molecule is CC(C)(C)c1ccc(OP(=O)(O)O)c(C(C)(C)C)c1C(C)(C)C. The van der Waals surface area contributed by atoms with Crippen LogP contribution in [0.1, 0.15) is 79.0 Å². The molecule has 0 bridgehead atoms. The molecule has 0 spiro atoms. The van der Waals surface area contributed by atoms with Crippen LogP contribution in [0.15, 0.2) is 12.1 Å². The highest BCUT2D eigenvalue weighted by Crippen LogP contribution is 2.48. The predicted octanol–water partition coefficient (Wildman–Crippen LogP) is 5.05. The molecule has 0 saturated carbocycles. The van der Waals surface area contributed by atoms with Gasteiger partial charge in [0.05, 0.1) is 0 Å². The smallest absolute Gasteiger partial charge is 0.404 e. The zero-order chi connectivity index (χ0) is 18.4. The van der Waals surface area contributed by atoms with E-state index in [1.807, 2.05) is 26.8 Å². The summed E-state index contributed by atoms with van der Waals surface area (Å²) in [4.78, 5) is 18.5. The lowest BCUT2D eigenvalue weighted by atomic mass is 9.68. The normalized spacial score (nSPS) is 14.0. The van der Waals surface area contributed by atoms with E-state index in [9.17, 15) is 14.4 Å². The largest absolute Gasteiger partial charge is 0.524 e. The molecule has 0 aliphatic heterocycles. The lowest BCUT2D eigenvalue weighted by Gasteiger charge is -2.37. The quantitative estimate of drug-likeness (QED) is 0.738. The maximum Gasteiger partial charge on any atom is 0.524 e. The third-order valence-corrected chi connectivity index (χ3v) is 4.13. The molecule has 0 amide bonds. The van der Waals surface area contributed by atoms with Gasteiger partial charge in [-0.25, -0.2) is 4.57 Å². The molecule has 0 radical (unpaired) electrons. The zero-order valence-electron chi connectivity index (χ0n) is 15.8. The van der Waals surface area contributed by atoms with E-state index in [1.54, 1.807) is 6.07 Å². The Bertz CT molecular complexity index is 622. The summed E-state index contributed by atoms with van der Waals surface area (Å²) in [7, 11) is -4.61. The zero-order valence-corrected chi connectivity index (χ0v) is 16.7. The number of benzene rings is 1. The van der Waals surface area contributed by atoms with E-state index in [0.717, 1.165) is 11.1 Å². The summed E-state index contributed by atoms with van der Waals surface area (Å²) in [6, 6.07) is 3.62. The first-order valence-corrected chi connectivity index (χ1v) is 9.41. The molecule has 0 aliphatic rings. The summed E-state index contributed by atoms with van der Waals surface area (Å²) >= 11 is 0. The van der Waals surface area contributed by atoms with Gasteiger partial charge in [0.15, 0.2) is 0 Å². The van der Waals surface area contributed by atoms with Gasteiger partial charge in [-0.2, -0.15) is 0 Å². The van der Waals surface area contributed by atoms with E-state index >= 15 is 0 Å². The number of phosphoric ester groups is 1. The fraction of sp³-hybridized carbons (Fsp3) is 0.667. The maximum atomic E-state index is 11.4. The third kappa shape index (κ3) is 5.07. The van der Waals surface area contributed by atoms with Crippen LogP contribution in [0.4, 0.5) is 0 Å². The van der Waals surface area contributed by atoms with Gasteiger partial charge < -0.3 is 4.52 Å². The van der Waals surface area contributed by atoms with Crippen LogP contribution in [0.2, 0.25) is 0 Å². The van der Waals surface area contributed by atoms with Gasteiger partial charge in [0.1, 0.15) is 5.75 Å². The minimum Gasteiger partial charge on any atom is -0.404 e. The highest BCUT2D eigenvalue weighted by atomic mass is 31.2. The Morgan fingerprint density at radius 3 is 1.52 bits per heavy atom. The Balaban J connectivity index is 3.90. The molecule has 0 unspecified atom stereocenters. The number of hydrogen-bond donors (Lipinski definition) is 2. The fourth-order valence-electron chi connectivity index (χ4n) is 2.94. The molecule has 5 heteroatoms. The van der Waals surface area contributed by atoms with Crippen LogP contribution in [0.5, 0.6) is 5.75 Å². The van der Waals surface area contributed by atoms with Crippen molar-refractivity contribution in [3.05, 3.63) is 28.8 Å². The van der Waals surface area contributed by atoms with Crippen LogP contribution in [-0.2, 0) is 20.8 Å². The molecule has 0 heterocycles. The van der Waals surface area contributed by atoms with Crippen molar-refractivity contribution >= 4 is 7.82 Å². The highest BCUT2D eigenvalue weighted by Gasteiger charge is 2.35. The van der Waals surface area contributed by atoms with Crippen LogP contribution >= 0.6 is 7.82 Å². The van der Waals surface area contributed by atoms with E-state index in [2.05, 4.69) is 41.5 Å². The van der Waals surface area contributed by atoms with E-state index < -0.39 is 7.82 Å². The van der Waals surface area contributed by atoms with Gasteiger partial charge in [0.2, 0.25) is 0 Å². The molecular weight excluding hydrogens is 311 g/mol. The molecule has 0 aromatic heterocycles. The van der Waals surface area contributed by atoms with Crippen molar-refractivity contribution in [3.8, 4) is 5.75 Å². The van der Waals surface area contributed by atoms with Crippen LogP contribution in [-0.4, -0.2) is 9.79 Å². The molecule has 1 aromatic carbocycles. The first-order valence-electron chi connectivity index (χ1n) is 7.88. The van der Waals surface area contributed by atoms with Gasteiger partial charge in [-0.3, -0.25) is 9.79 Å². The Kier molecular flexibility index (Phi) is 5.20. The summed E-state index contributed by atoms with van der Waals surface area (Å²) < 4.78 is 16.4. The van der Waals surface area contributed by atoms with Gasteiger partial charge in [-0.05, 0) is 33.4 Å². The molecule has 23 heavy (non-hydrogen) atoms. The molecule has 0 fully saturated rings. The molecule has 2 N–H and O–H groups in total. The molecule has 1 rings (SSSR count). The van der Waals surface area contributed by atoms with Gasteiger partial charge in [0, 0.05) is 5.56 Å². The van der Waals surface area contributed by atoms with Gasteiger partial charge in [-0.15, -0.1) is 0 Å². The summed E-state index contributed by atoms with van der Waals surface area (Å²) in [5.74, 6) is 0.267. The lowest BCUT2D eigenvalue weighted by molar-refractivity contribution is 0.280. The van der Waals surface area contributed by atoms with Crippen molar-refractivity contribution in [1.82, 2.24) is 0 Å². The average molecular weight is 342 g/mol. The van der Waals surface area contributed by atoms with Crippen molar-refractivity contribution in [2.45, 2.75) is 78.6 Å². The van der Waals surface area contributed by atoms with Crippen LogP contribution in [0.25, 0.3) is 0 Å². The summed E-state index contributed by atoms with van der Waals surface area (Å²) in [5.41, 5.74) is 2.56. The van der Waals surface area contributed by atoms with E-state index in [4.69, 9.17) is 4.52 Å². The molecule has 0 saturated heterocycles. The predicted molar refractivity (Wildman–Crippen MR) is 95.2 cm³/mol. The fourth-order valence-corrected chi connectivity index (χ4v) is 3.34. The lowest BCUT2D eigenvalue weighted by Crippen LogP contribution is -2.28. The second-order valence-corrected chi connectivity index (χ2v) is 10.4. The minimum absolute atomic E-state index is 0.0801. The number of hydrogen-bond acceptors (Lipinski definition) is 2. The molecule has 1 aromatic rings. The Hall–Kier alpha value is -0.830. The molecule has 132 valence electrons. The topological polar surface area (TPSA) is 66.8 Å². The summed E-state index contributed by atoms with van der Waals surface area (Å²) in [6.07, 6.45) is 0. The van der Waals surface area contributed by atoms with Crippen LogP contribution < -0.4 is 4.52 Å². The molecule has 0 atom stereocenters. The standard InChI is InChI=1S/C18H31O4P/c1-16(2,3)12-10-11-13(22-23(19,20)21)15(18(7,8)9)14(12)17(4,5)6/h10-11H,1-9H3,(H2,19,20,21). The average Bonchev–Trinajstić information content (AvgIpc) is 2.21. The summed E-state index contributed by atoms with van der Waals surface area (Å²) in [6.45, 7) is 18.9. The van der Waals surface area contributed by atoms with Gasteiger partial charge in [0.25, 0.3) is 0 Å². The monoisotopic (exact) mass is 342 g/mol. The van der Waals surface area contributed by atoms with Crippen molar-refractivity contribution in [3.63, 3.8) is 0 Å². The van der Waals surface area contributed by atoms with E-state index in [1.165, 1.54) is 5.56 Å². The Morgan fingerprint density at radius 1 is 0.783 bits per heavy atom. The summed E-state index contributed by atoms with van der Waals surface area (Å²) in [5, 5.41) is 0. The molecule has 0 aliphatic carbocycles. The van der Waals surface area contributed by atoms with E-state index in [0.29, 0.717) is 0 Å².